The van der Waals surface area contributed by atoms with Gasteiger partial charge in [-0.2, -0.15) is 18.2 Å². The number of hydrogen-bond acceptors (Lipinski definition) is 5. The number of ether oxygens (including phenoxy) is 1. The topological polar surface area (TPSA) is 59.1 Å². The van der Waals surface area contributed by atoms with Crippen LogP contribution in [0.1, 0.15) is 36.8 Å². The van der Waals surface area contributed by atoms with Crippen molar-refractivity contribution in [3.63, 3.8) is 0 Å². The largest absolute Gasteiger partial charge is 0.490 e. The van der Waals surface area contributed by atoms with E-state index >= 15 is 0 Å². The fourth-order valence-electron chi connectivity index (χ4n) is 3.55. The standard InChI is InChI=1S/C23H23F3N4O/c1-15-5-4-6-17(13-15)29-22-27-14-20(23(24,25)26)21(30-22)28-16-9-11-19(12-10-16)31-18-7-2-3-8-18/h4-6,9-14,18H,2-3,7-8H2,1H3,(H2,27,28,29,30). The van der Waals surface area contributed by atoms with Crippen molar-refractivity contribution < 1.29 is 17.9 Å². The lowest BCUT2D eigenvalue weighted by molar-refractivity contribution is -0.137. The summed E-state index contributed by atoms with van der Waals surface area (Å²) in [4.78, 5) is 7.92. The number of rotatable bonds is 6. The SMILES string of the molecule is Cc1cccc(Nc2ncc(C(F)(F)F)c(Nc3ccc(OC4CCCC4)cc3)n2)c1. The molecule has 1 aromatic heterocycles. The smallest absolute Gasteiger partial charge is 0.421 e. The normalized spacial score (nSPS) is 14.5. The second-order valence-corrected chi connectivity index (χ2v) is 7.62. The van der Waals surface area contributed by atoms with Crippen LogP contribution in [0, 0.1) is 6.92 Å². The molecule has 2 N–H and O–H groups in total. The van der Waals surface area contributed by atoms with Crippen LogP contribution in [0.3, 0.4) is 0 Å². The molecule has 5 nitrogen and oxygen atoms in total. The fourth-order valence-corrected chi connectivity index (χ4v) is 3.55. The highest BCUT2D eigenvalue weighted by Crippen LogP contribution is 2.35. The maximum Gasteiger partial charge on any atom is 0.421 e. The molecule has 1 aliphatic carbocycles. The predicted octanol–water partition coefficient (Wildman–Crippen LogP) is 6.61. The summed E-state index contributed by atoms with van der Waals surface area (Å²) in [6, 6.07) is 14.3. The van der Waals surface area contributed by atoms with Crippen molar-refractivity contribution in [3.05, 3.63) is 65.9 Å². The van der Waals surface area contributed by atoms with Gasteiger partial charge in [0, 0.05) is 17.6 Å². The van der Waals surface area contributed by atoms with Crippen LogP contribution in [0.4, 0.5) is 36.3 Å². The van der Waals surface area contributed by atoms with E-state index < -0.39 is 11.7 Å². The van der Waals surface area contributed by atoms with Gasteiger partial charge in [0.05, 0.1) is 6.10 Å². The third kappa shape index (κ3) is 5.45. The van der Waals surface area contributed by atoms with Crippen LogP contribution in [-0.4, -0.2) is 16.1 Å². The molecule has 0 saturated heterocycles. The average molecular weight is 428 g/mol. The van der Waals surface area contributed by atoms with Crippen molar-refractivity contribution in [3.8, 4) is 5.75 Å². The first-order valence-corrected chi connectivity index (χ1v) is 10.2. The van der Waals surface area contributed by atoms with E-state index in [2.05, 4.69) is 20.6 Å². The first-order chi connectivity index (χ1) is 14.9. The molecule has 2 aromatic carbocycles. The summed E-state index contributed by atoms with van der Waals surface area (Å²) in [6.07, 6.45) is 0.807. The van der Waals surface area contributed by atoms with E-state index in [-0.39, 0.29) is 17.9 Å². The molecule has 1 heterocycles. The summed E-state index contributed by atoms with van der Waals surface area (Å²) in [5.41, 5.74) is 1.24. The highest BCUT2D eigenvalue weighted by atomic mass is 19.4. The second kappa shape index (κ2) is 8.83. The minimum atomic E-state index is -4.59. The molecule has 4 rings (SSSR count). The molecule has 1 aliphatic rings. The number of alkyl halides is 3. The van der Waals surface area contributed by atoms with E-state index in [1.807, 2.05) is 25.1 Å². The molecule has 0 unspecified atom stereocenters. The van der Waals surface area contributed by atoms with Gasteiger partial charge in [0.25, 0.3) is 0 Å². The zero-order chi connectivity index (χ0) is 21.8. The zero-order valence-corrected chi connectivity index (χ0v) is 17.0. The molecule has 0 amide bonds. The van der Waals surface area contributed by atoms with Crippen molar-refractivity contribution in [1.29, 1.82) is 0 Å². The number of hydrogen-bond donors (Lipinski definition) is 2. The molecule has 1 saturated carbocycles. The first kappa shape index (κ1) is 21.0. The molecular weight excluding hydrogens is 405 g/mol. The van der Waals surface area contributed by atoms with Crippen LogP contribution in [0.2, 0.25) is 0 Å². The molecule has 1 fully saturated rings. The number of aryl methyl sites for hydroxylation is 1. The molecule has 162 valence electrons. The molecule has 31 heavy (non-hydrogen) atoms. The predicted molar refractivity (Wildman–Crippen MR) is 114 cm³/mol. The molecule has 8 heteroatoms. The lowest BCUT2D eigenvalue weighted by Gasteiger charge is -2.16. The van der Waals surface area contributed by atoms with Gasteiger partial charge < -0.3 is 15.4 Å². The van der Waals surface area contributed by atoms with Crippen LogP contribution in [0.25, 0.3) is 0 Å². The number of nitrogens with zero attached hydrogens (tertiary/aromatic N) is 2. The van der Waals surface area contributed by atoms with Crippen molar-refractivity contribution in [1.82, 2.24) is 9.97 Å². The van der Waals surface area contributed by atoms with E-state index in [1.165, 1.54) is 0 Å². The number of nitrogens with one attached hydrogen (secondary N) is 2. The fraction of sp³-hybridized carbons (Fsp3) is 0.304. The molecule has 0 atom stereocenters. The van der Waals surface area contributed by atoms with Crippen LogP contribution < -0.4 is 15.4 Å². The number of benzene rings is 2. The van der Waals surface area contributed by atoms with Crippen molar-refractivity contribution in [2.75, 3.05) is 10.6 Å². The Morgan fingerprint density at radius 2 is 1.71 bits per heavy atom. The molecule has 3 aromatic rings. The summed E-state index contributed by atoms with van der Waals surface area (Å²) >= 11 is 0. The van der Waals surface area contributed by atoms with E-state index in [4.69, 9.17) is 4.74 Å². The Bertz CT molecular complexity index is 1030. The monoisotopic (exact) mass is 428 g/mol. The maximum atomic E-state index is 13.5. The van der Waals surface area contributed by atoms with Crippen molar-refractivity contribution in [2.45, 2.75) is 44.9 Å². The van der Waals surface area contributed by atoms with Crippen molar-refractivity contribution >= 4 is 23.1 Å². The molecule has 0 bridgehead atoms. The molecule has 0 spiro atoms. The summed E-state index contributed by atoms with van der Waals surface area (Å²) in [5, 5.41) is 5.72. The highest BCUT2D eigenvalue weighted by Gasteiger charge is 2.35. The zero-order valence-electron chi connectivity index (χ0n) is 17.0. The van der Waals surface area contributed by atoms with Crippen molar-refractivity contribution in [2.24, 2.45) is 0 Å². The van der Waals surface area contributed by atoms with Crippen LogP contribution in [0.5, 0.6) is 5.75 Å². The van der Waals surface area contributed by atoms with Crippen LogP contribution >= 0.6 is 0 Å². The lowest BCUT2D eigenvalue weighted by Crippen LogP contribution is -2.13. The minimum absolute atomic E-state index is 0.0716. The van der Waals surface area contributed by atoms with Gasteiger partial charge in [0.15, 0.2) is 0 Å². The van der Waals surface area contributed by atoms with Gasteiger partial charge in [-0.15, -0.1) is 0 Å². The number of anilines is 4. The Morgan fingerprint density at radius 3 is 2.39 bits per heavy atom. The second-order valence-electron chi connectivity index (χ2n) is 7.62. The van der Waals surface area contributed by atoms with Gasteiger partial charge in [-0.05, 0) is 74.6 Å². The maximum absolute atomic E-state index is 13.5. The Hall–Kier alpha value is -3.29. The van der Waals surface area contributed by atoms with Gasteiger partial charge in [-0.1, -0.05) is 12.1 Å². The molecular formula is C23H23F3N4O. The van der Waals surface area contributed by atoms with Crippen LogP contribution in [-0.2, 0) is 6.18 Å². The molecule has 0 aliphatic heterocycles. The first-order valence-electron chi connectivity index (χ1n) is 10.2. The number of halogens is 3. The van der Waals surface area contributed by atoms with Gasteiger partial charge in [0.2, 0.25) is 5.95 Å². The van der Waals surface area contributed by atoms with Gasteiger partial charge in [-0.3, -0.25) is 0 Å². The van der Waals surface area contributed by atoms with E-state index in [0.29, 0.717) is 17.1 Å². The van der Waals surface area contributed by atoms with Gasteiger partial charge in [0.1, 0.15) is 17.1 Å². The minimum Gasteiger partial charge on any atom is -0.490 e. The average Bonchev–Trinajstić information content (AvgIpc) is 3.22. The van der Waals surface area contributed by atoms with Gasteiger partial charge in [-0.25, -0.2) is 4.98 Å². The van der Waals surface area contributed by atoms with E-state index in [0.717, 1.165) is 37.4 Å². The summed E-state index contributed by atoms with van der Waals surface area (Å²) in [7, 11) is 0. The molecule has 0 radical (unpaired) electrons. The summed E-state index contributed by atoms with van der Waals surface area (Å²) in [5.74, 6) is 0.461. The highest BCUT2D eigenvalue weighted by molar-refractivity contribution is 5.63. The third-order valence-corrected chi connectivity index (χ3v) is 5.09. The van der Waals surface area contributed by atoms with E-state index in [1.54, 1.807) is 30.3 Å². The Balaban J connectivity index is 1.54. The lowest BCUT2D eigenvalue weighted by atomic mass is 10.2. The Morgan fingerprint density at radius 1 is 0.968 bits per heavy atom. The Kier molecular flexibility index (Phi) is 5.97. The van der Waals surface area contributed by atoms with Crippen LogP contribution in [0.15, 0.2) is 54.7 Å². The third-order valence-electron chi connectivity index (χ3n) is 5.09. The summed E-state index contributed by atoms with van der Waals surface area (Å²) in [6.45, 7) is 1.92. The summed E-state index contributed by atoms with van der Waals surface area (Å²) < 4.78 is 46.4. The Labute approximate surface area is 178 Å². The van der Waals surface area contributed by atoms with E-state index in [9.17, 15) is 13.2 Å². The quantitative estimate of drug-likeness (QED) is 0.462. The van der Waals surface area contributed by atoms with Gasteiger partial charge >= 0.3 is 6.18 Å². The number of aromatic nitrogens is 2.